The van der Waals surface area contributed by atoms with Gasteiger partial charge in [-0.2, -0.15) is 5.26 Å². The highest BCUT2D eigenvalue weighted by Crippen LogP contribution is 2.29. The number of imide groups is 1. The lowest BCUT2D eigenvalue weighted by atomic mass is 9.91. The average Bonchev–Trinajstić information content (AvgIpc) is 2.79. The zero-order valence-corrected chi connectivity index (χ0v) is 14.8. The maximum Gasteiger partial charge on any atom is 0.325 e. The largest absolute Gasteiger partial charge is 0.350 e. The second kappa shape index (κ2) is 6.55. The second-order valence-corrected chi connectivity index (χ2v) is 6.92. The molecule has 1 heterocycles. The molecule has 1 fully saturated rings. The lowest BCUT2D eigenvalue weighted by Crippen LogP contribution is -2.49. The molecule has 2 N–H and O–H groups in total. The number of hydrogen-bond donors (Lipinski definition) is 2. The van der Waals surface area contributed by atoms with Gasteiger partial charge >= 0.3 is 6.03 Å². The summed E-state index contributed by atoms with van der Waals surface area (Å²) < 4.78 is 0. The van der Waals surface area contributed by atoms with Crippen molar-refractivity contribution in [1.82, 2.24) is 15.5 Å². The number of urea groups is 1. The first kappa shape index (κ1) is 18.5. The van der Waals surface area contributed by atoms with Crippen molar-refractivity contribution in [3.63, 3.8) is 0 Å². The molecule has 0 bridgehead atoms. The minimum absolute atomic E-state index is 0.346. The van der Waals surface area contributed by atoms with E-state index in [9.17, 15) is 14.4 Å². The molecule has 7 heteroatoms. The van der Waals surface area contributed by atoms with Crippen LogP contribution in [0.4, 0.5) is 4.79 Å². The summed E-state index contributed by atoms with van der Waals surface area (Å²) in [6, 6.07) is 7.88. The highest BCUT2D eigenvalue weighted by Gasteiger charge is 2.49. The predicted molar refractivity (Wildman–Crippen MR) is 91.3 cm³/mol. The molecular weight excluding hydrogens is 320 g/mol. The van der Waals surface area contributed by atoms with E-state index >= 15 is 0 Å². The molecule has 1 aromatic carbocycles. The van der Waals surface area contributed by atoms with Crippen LogP contribution in [-0.4, -0.2) is 34.8 Å². The molecule has 2 rings (SSSR count). The van der Waals surface area contributed by atoms with Crippen LogP contribution in [0.25, 0.3) is 0 Å². The summed E-state index contributed by atoms with van der Waals surface area (Å²) in [5.41, 5.74) is -0.825. The van der Waals surface area contributed by atoms with Gasteiger partial charge in [-0.25, -0.2) is 4.79 Å². The Balaban J connectivity index is 2.22. The van der Waals surface area contributed by atoms with Crippen LogP contribution in [-0.2, 0) is 15.1 Å². The summed E-state index contributed by atoms with van der Waals surface area (Å²) in [5.74, 6) is -0.914. The first-order valence-corrected chi connectivity index (χ1v) is 8.09. The molecule has 0 aliphatic carbocycles. The third kappa shape index (κ3) is 3.63. The van der Waals surface area contributed by atoms with Gasteiger partial charge in [-0.05, 0) is 44.9 Å². The van der Waals surface area contributed by atoms with Gasteiger partial charge < -0.3 is 10.6 Å². The van der Waals surface area contributed by atoms with E-state index in [4.69, 9.17) is 5.26 Å². The number of nitrogens with one attached hydrogen (secondary N) is 2. The fourth-order valence-electron chi connectivity index (χ4n) is 2.58. The van der Waals surface area contributed by atoms with Gasteiger partial charge in [0.2, 0.25) is 5.91 Å². The van der Waals surface area contributed by atoms with Gasteiger partial charge in [0.1, 0.15) is 12.1 Å². The lowest BCUT2D eigenvalue weighted by Gasteiger charge is -2.26. The first-order chi connectivity index (χ1) is 11.6. The molecular formula is C18H22N4O3. The van der Waals surface area contributed by atoms with Crippen molar-refractivity contribution in [2.75, 3.05) is 6.54 Å². The van der Waals surface area contributed by atoms with E-state index in [2.05, 4.69) is 10.6 Å². The Morgan fingerprint density at radius 2 is 2.08 bits per heavy atom. The Labute approximate surface area is 147 Å². The van der Waals surface area contributed by atoms with Gasteiger partial charge in [-0.1, -0.05) is 19.1 Å². The SMILES string of the molecule is CCC(C)(C)NC(=O)CN1C(=O)N[C@@](C)(c2cccc(C#N)c2)C1=O. The van der Waals surface area contributed by atoms with Gasteiger partial charge in [0, 0.05) is 5.54 Å². The highest BCUT2D eigenvalue weighted by molar-refractivity contribution is 6.09. The number of benzene rings is 1. The predicted octanol–water partition coefficient (Wildman–Crippen LogP) is 1.63. The van der Waals surface area contributed by atoms with E-state index in [1.54, 1.807) is 31.2 Å². The Morgan fingerprint density at radius 3 is 2.68 bits per heavy atom. The number of carbonyl (C=O) groups excluding carboxylic acids is 3. The number of nitrogens with zero attached hydrogens (tertiary/aromatic N) is 2. The third-order valence-corrected chi connectivity index (χ3v) is 4.51. The number of carbonyl (C=O) groups is 3. The van der Waals surface area contributed by atoms with Crippen LogP contribution < -0.4 is 10.6 Å². The summed E-state index contributed by atoms with van der Waals surface area (Å²) in [5, 5.41) is 14.5. The Kier molecular flexibility index (Phi) is 4.84. The standard InChI is InChI=1S/C18H22N4O3/c1-5-17(2,3)20-14(23)11-22-15(24)18(4,21-16(22)25)13-8-6-7-12(9-13)10-19/h6-9H,5,11H2,1-4H3,(H,20,23)(H,21,25)/t18-/m0/s1. The molecule has 1 aliphatic heterocycles. The van der Waals surface area contributed by atoms with E-state index < -0.39 is 28.9 Å². The van der Waals surface area contributed by atoms with E-state index in [1.807, 2.05) is 26.8 Å². The van der Waals surface area contributed by atoms with Crippen LogP contribution in [0.15, 0.2) is 24.3 Å². The minimum Gasteiger partial charge on any atom is -0.350 e. The molecule has 0 spiro atoms. The number of nitriles is 1. The number of amides is 4. The average molecular weight is 342 g/mol. The molecule has 25 heavy (non-hydrogen) atoms. The van der Waals surface area contributed by atoms with Gasteiger partial charge in [0.25, 0.3) is 5.91 Å². The van der Waals surface area contributed by atoms with Gasteiger partial charge in [0.05, 0.1) is 11.6 Å². The van der Waals surface area contributed by atoms with E-state index in [-0.39, 0.29) is 6.54 Å². The Morgan fingerprint density at radius 1 is 1.40 bits per heavy atom. The first-order valence-electron chi connectivity index (χ1n) is 8.09. The van der Waals surface area contributed by atoms with Crippen molar-refractivity contribution in [3.8, 4) is 6.07 Å². The molecule has 0 saturated carbocycles. The maximum absolute atomic E-state index is 12.8. The fourth-order valence-corrected chi connectivity index (χ4v) is 2.58. The van der Waals surface area contributed by atoms with Gasteiger partial charge in [-0.3, -0.25) is 14.5 Å². The molecule has 7 nitrogen and oxygen atoms in total. The quantitative estimate of drug-likeness (QED) is 0.794. The van der Waals surface area contributed by atoms with Crippen LogP contribution in [0.3, 0.4) is 0 Å². The minimum atomic E-state index is -1.30. The molecule has 0 aromatic heterocycles. The molecule has 0 radical (unpaired) electrons. The molecule has 0 unspecified atom stereocenters. The summed E-state index contributed by atoms with van der Waals surface area (Å²) in [6.45, 7) is 6.90. The van der Waals surface area contributed by atoms with Crippen molar-refractivity contribution in [2.45, 2.75) is 45.2 Å². The monoisotopic (exact) mass is 342 g/mol. The van der Waals surface area contributed by atoms with E-state index in [0.29, 0.717) is 11.1 Å². The van der Waals surface area contributed by atoms with Crippen LogP contribution in [0.1, 0.15) is 45.2 Å². The van der Waals surface area contributed by atoms with Crippen molar-refractivity contribution >= 4 is 17.8 Å². The Hall–Kier alpha value is -2.88. The molecule has 1 aliphatic rings. The Bertz CT molecular complexity index is 766. The van der Waals surface area contributed by atoms with Gasteiger partial charge in [0.15, 0.2) is 0 Å². The summed E-state index contributed by atoms with van der Waals surface area (Å²) >= 11 is 0. The second-order valence-electron chi connectivity index (χ2n) is 6.92. The van der Waals surface area contributed by atoms with Crippen LogP contribution in [0.5, 0.6) is 0 Å². The topological polar surface area (TPSA) is 102 Å². The molecule has 1 atom stereocenters. The van der Waals surface area contributed by atoms with Crippen molar-refractivity contribution in [2.24, 2.45) is 0 Å². The fraction of sp³-hybridized carbons (Fsp3) is 0.444. The van der Waals surface area contributed by atoms with Gasteiger partial charge in [-0.15, -0.1) is 0 Å². The molecule has 1 aromatic rings. The lowest BCUT2D eigenvalue weighted by molar-refractivity contribution is -0.135. The van der Waals surface area contributed by atoms with Crippen LogP contribution in [0.2, 0.25) is 0 Å². The molecule has 4 amide bonds. The zero-order chi connectivity index (χ0) is 18.8. The van der Waals surface area contributed by atoms with Crippen LogP contribution in [0, 0.1) is 11.3 Å². The van der Waals surface area contributed by atoms with Crippen molar-refractivity contribution in [1.29, 1.82) is 5.26 Å². The van der Waals surface area contributed by atoms with E-state index in [1.165, 1.54) is 0 Å². The number of rotatable bonds is 5. The summed E-state index contributed by atoms with van der Waals surface area (Å²) in [6.07, 6.45) is 0.720. The summed E-state index contributed by atoms with van der Waals surface area (Å²) in [7, 11) is 0. The number of hydrogen-bond acceptors (Lipinski definition) is 4. The summed E-state index contributed by atoms with van der Waals surface area (Å²) in [4.78, 5) is 38.1. The normalized spacial score (nSPS) is 20.2. The highest BCUT2D eigenvalue weighted by atomic mass is 16.2. The zero-order valence-electron chi connectivity index (χ0n) is 14.8. The van der Waals surface area contributed by atoms with E-state index in [0.717, 1.165) is 11.3 Å². The van der Waals surface area contributed by atoms with Crippen LogP contribution >= 0.6 is 0 Å². The molecule has 132 valence electrons. The van der Waals surface area contributed by atoms with Crippen molar-refractivity contribution in [3.05, 3.63) is 35.4 Å². The maximum atomic E-state index is 12.8. The smallest absolute Gasteiger partial charge is 0.325 e. The third-order valence-electron chi connectivity index (χ3n) is 4.51. The molecule has 1 saturated heterocycles. The van der Waals surface area contributed by atoms with Crippen molar-refractivity contribution < 1.29 is 14.4 Å².